The number of piperazine rings is 1. The number of halogens is 1. The Hall–Kier alpha value is -3.96. The van der Waals surface area contributed by atoms with E-state index in [1.807, 2.05) is 4.90 Å². The van der Waals surface area contributed by atoms with Gasteiger partial charge in [0.25, 0.3) is 5.56 Å². The van der Waals surface area contributed by atoms with Gasteiger partial charge in [0.1, 0.15) is 28.8 Å². The third kappa shape index (κ3) is 5.07. The summed E-state index contributed by atoms with van der Waals surface area (Å²) < 4.78 is 49.7. The molecule has 0 atom stereocenters. The molecular weight excluding hydrogens is 511 g/mol. The second kappa shape index (κ2) is 10.4. The van der Waals surface area contributed by atoms with Crippen LogP contribution in [-0.4, -0.2) is 49.4 Å². The summed E-state index contributed by atoms with van der Waals surface area (Å²) in [6.07, 6.45) is 1.24. The van der Waals surface area contributed by atoms with Crippen LogP contribution in [0.4, 0.5) is 10.1 Å². The van der Waals surface area contributed by atoms with Crippen molar-refractivity contribution in [2.24, 2.45) is 0 Å². The number of benzene rings is 2. The first-order valence-corrected chi connectivity index (χ1v) is 13.6. The fourth-order valence-corrected chi connectivity index (χ4v) is 6.26. The number of fused-ring (bicyclic) bond motifs is 1. The molecule has 3 heterocycles. The van der Waals surface area contributed by atoms with Crippen molar-refractivity contribution in [2.45, 2.75) is 24.9 Å². The predicted molar refractivity (Wildman–Crippen MR) is 141 cm³/mol. The van der Waals surface area contributed by atoms with E-state index in [9.17, 15) is 22.4 Å². The van der Waals surface area contributed by atoms with Gasteiger partial charge in [0, 0.05) is 43.1 Å². The Morgan fingerprint density at radius 3 is 2.34 bits per heavy atom. The standard InChI is InChI=1S/C27H27FN4O5S/c1-19-10-11-20(37-19)16-29-26(33)18-31-17-25(21-6-2-3-7-22(21)27(31)34)38(35,36)32-14-12-30(13-15-32)24-9-5-4-8-23(24)28/h2-11,17H,12-16,18H2,1H3,(H,29,33). The van der Waals surface area contributed by atoms with Gasteiger partial charge in [-0.25, -0.2) is 12.8 Å². The molecule has 198 valence electrons. The van der Waals surface area contributed by atoms with Crippen molar-refractivity contribution in [1.29, 1.82) is 0 Å². The minimum absolute atomic E-state index is 0.0542. The molecule has 1 aliphatic heterocycles. The van der Waals surface area contributed by atoms with Crippen molar-refractivity contribution < 1.29 is 22.0 Å². The minimum atomic E-state index is -4.03. The molecule has 0 bridgehead atoms. The first-order chi connectivity index (χ1) is 18.2. The van der Waals surface area contributed by atoms with Gasteiger partial charge in [-0.3, -0.25) is 9.59 Å². The van der Waals surface area contributed by atoms with Crippen LogP contribution in [0.2, 0.25) is 0 Å². The van der Waals surface area contributed by atoms with E-state index in [1.165, 1.54) is 16.6 Å². The molecule has 0 radical (unpaired) electrons. The van der Waals surface area contributed by atoms with Crippen molar-refractivity contribution in [3.63, 3.8) is 0 Å². The van der Waals surface area contributed by atoms with Gasteiger partial charge in [-0.15, -0.1) is 0 Å². The number of pyridine rings is 1. The molecule has 1 aliphatic rings. The van der Waals surface area contributed by atoms with Gasteiger partial charge in [-0.2, -0.15) is 4.31 Å². The first-order valence-electron chi connectivity index (χ1n) is 12.2. The lowest BCUT2D eigenvalue weighted by Crippen LogP contribution is -2.49. The van der Waals surface area contributed by atoms with Crippen molar-refractivity contribution in [1.82, 2.24) is 14.2 Å². The SMILES string of the molecule is Cc1ccc(CNC(=O)Cn2cc(S(=O)(=O)N3CCN(c4ccccc4F)CC3)c3ccccc3c2=O)o1. The second-order valence-electron chi connectivity index (χ2n) is 9.10. The summed E-state index contributed by atoms with van der Waals surface area (Å²) in [5.74, 6) is 0.463. The van der Waals surface area contributed by atoms with E-state index < -0.39 is 21.5 Å². The summed E-state index contributed by atoms with van der Waals surface area (Å²) in [6.45, 7) is 2.50. The number of rotatable bonds is 7. The molecule has 0 aliphatic carbocycles. The van der Waals surface area contributed by atoms with Crippen LogP contribution in [0.1, 0.15) is 11.5 Å². The van der Waals surface area contributed by atoms with E-state index in [-0.39, 0.29) is 47.7 Å². The number of nitrogens with zero attached hydrogens (tertiary/aromatic N) is 3. The van der Waals surface area contributed by atoms with E-state index in [0.29, 0.717) is 30.3 Å². The molecule has 1 amide bonds. The highest BCUT2D eigenvalue weighted by atomic mass is 32.2. The summed E-state index contributed by atoms with van der Waals surface area (Å²) in [5, 5.41) is 3.18. The third-order valence-electron chi connectivity index (χ3n) is 6.58. The maximum Gasteiger partial charge on any atom is 0.258 e. The van der Waals surface area contributed by atoms with Crippen molar-refractivity contribution in [3.05, 3.63) is 94.6 Å². The zero-order valence-electron chi connectivity index (χ0n) is 20.8. The summed E-state index contributed by atoms with van der Waals surface area (Å²) in [7, 11) is -4.03. The van der Waals surface area contributed by atoms with Crippen LogP contribution in [0, 0.1) is 12.7 Å². The molecule has 2 aromatic heterocycles. The highest BCUT2D eigenvalue weighted by Crippen LogP contribution is 2.26. The molecule has 11 heteroatoms. The number of hydrogen-bond donors (Lipinski definition) is 1. The molecule has 1 saturated heterocycles. The molecule has 2 aromatic carbocycles. The maximum absolute atomic E-state index is 14.2. The van der Waals surface area contributed by atoms with E-state index in [4.69, 9.17) is 4.42 Å². The van der Waals surface area contributed by atoms with Gasteiger partial charge in [0.2, 0.25) is 15.9 Å². The van der Waals surface area contributed by atoms with Gasteiger partial charge in [-0.05, 0) is 37.3 Å². The zero-order chi connectivity index (χ0) is 26.9. The molecule has 0 unspecified atom stereocenters. The van der Waals surface area contributed by atoms with E-state index >= 15 is 0 Å². The molecule has 1 N–H and O–H groups in total. The fourth-order valence-electron chi connectivity index (χ4n) is 4.62. The van der Waals surface area contributed by atoms with Crippen LogP contribution in [0.3, 0.4) is 0 Å². The van der Waals surface area contributed by atoms with E-state index in [2.05, 4.69) is 5.32 Å². The average Bonchev–Trinajstić information content (AvgIpc) is 3.34. The largest absolute Gasteiger partial charge is 0.465 e. The first kappa shape index (κ1) is 25.7. The lowest BCUT2D eigenvalue weighted by molar-refractivity contribution is -0.122. The van der Waals surface area contributed by atoms with Crippen LogP contribution in [0.25, 0.3) is 10.8 Å². The molecule has 1 fully saturated rings. The number of nitrogens with one attached hydrogen (secondary N) is 1. The predicted octanol–water partition coefficient (Wildman–Crippen LogP) is 2.87. The Kier molecular flexibility index (Phi) is 7.04. The number of carbonyl (C=O) groups is 1. The van der Waals surface area contributed by atoms with Crippen LogP contribution >= 0.6 is 0 Å². The number of para-hydroxylation sites is 1. The normalized spacial score (nSPS) is 14.6. The van der Waals surface area contributed by atoms with Crippen LogP contribution in [-0.2, 0) is 27.9 Å². The van der Waals surface area contributed by atoms with Gasteiger partial charge in [-0.1, -0.05) is 30.3 Å². The third-order valence-corrected chi connectivity index (χ3v) is 8.50. The Morgan fingerprint density at radius 2 is 1.66 bits per heavy atom. The topological polar surface area (TPSA) is 105 Å². The number of aryl methyl sites for hydroxylation is 1. The lowest BCUT2D eigenvalue weighted by atomic mass is 10.2. The highest BCUT2D eigenvalue weighted by molar-refractivity contribution is 7.89. The van der Waals surface area contributed by atoms with Gasteiger partial charge in [0.15, 0.2) is 0 Å². The van der Waals surface area contributed by atoms with Crippen molar-refractivity contribution in [2.75, 3.05) is 31.1 Å². The van der Waals surface area contributed by atoms with E-state index in [0.717, 1.165) is 4.57 Å². The van der Waals surface area contributed by atoms with Crippen LogP contribution < -0.4 is 15.8 Å². The Labute approximate surface area is 219 Å². The van der Waals surface area contributed by atoms with Crippen molar-refractivity contribution in [3.8, 4) is 0 Å². The molecule has 38 heavy (non-hydrogen) atoms. The molecule has 5 rings (SSSR count). The summed E-state index contributed by atoms with van der Waals surface area (Å²) in [5.41, 5.74) is -0.0350. The number of carbonyl (C=O) groups excluding carboxylic acids is 1. The zero-order valence-corrected chi connectivity index (χ0v) is 21.6. The quantitative estimate of drug-likeness (QED) is 0.388. The minimum Gasteiger partial charge on any atom is -0.465 e. The van der Waals surface area contributed by atoms with Crippen LogP contribution in [0.5, 0.6) is 0 Å². The summed E-state index contributed by atoms with van der Waals surface area (Å²) in [6, 6.07) is 16.4. The number of aromatic nitrogens is 1. The summed E-state index contributed by atoms with van der Waals surface area (Å²) in [4.78, 5) is 27.5. The number of hydrogen-bond acceptors (Lipinski definition) is 6. The van der Waals surface area contributed by atoms with Crippen LogP contribution in [0.15, 0.2) is 81.0 Å². The highest BCUT2D eigenvalue weighted by Gasteiger charge is 2.31. The number of anilines is 1. The molecule has 0 spiro atoms. The van der Waals surface area contributed by atoms with Gasteiger partial charge >= 0.3 is 0 Å². The molecular formula is C27H27FN4O5S. The number of furan rings is 1. The molecule has 0 saturated carbocycles. The van der Waals surface area contributed by atoms with Gasteiger partial charge in [0.05, 0.1) is 12.2 Å². The average molecular weight is 539 g/mol. The molecule has 9 nitrogen and oxygen atoms in total. The van der Waals surface area contributed by atoms with E-state index in [1.54, 1.807) is 61.5 Å². The lowest BCUT2D eigenvalue weighted by Gasteiger charge is -2.35. The summed E-state index contributed by atoms with van der Waals surface area (Å²) >= 11 is 0. The Bertz CT molecular complexity index is 1660. The maximum atomic E-state index is 14.2. The Morgan fingerprint density at radius 1 is 0.974 bits per heavy atom. The monoisotopic (exact) mass is 538 g/mol. The number of sulfonamides is 1. The molecule has 4 aromatic rings. The smallest absolute Gasteiger partial charge is 0.258 e. The number of amides is 1. The second-order valence-corrected chi connectivity index (χ2v) is 11.0. The van der Waals surface area contributed by atoms with Gasteiger partial charge < -0.3 is 19.2 Å². The van der Waals surface area contributed by atoms with Crippen molar-refractivity contribution >= 4 is 32.4 Å². The Balaban J connectivity index is 1.40. The fraction of sp³-hybridized carbons (Fsp3) is 0.259.